The van der Waals surface area contributed by atoms with Crippen LogP contribution in [0.15, 0.2) is 12.1 Å². The summed E-state index contributed by atoms with van der Waals surface area (Å²) >= 11 is 0. The van der Waals surface area contributed by atoms with Gasteiger partial charge in [0, 0.05) is 6.04 Å². The summed E-state index contributed by atoms with van der Waals surface area (Å²) in [5.41, 5.74) is 5.33. The van der Waals surface area contributed by atoms with Gasteiger partial charge in [-0.3, -0.25) is 0 Å². The van der Waals surface area contributed by atoms with Crippen molar-refractivity contribution >= 4 is 0 Å². The number of halogens is 1. The van der Waals surface area contributed by atoms with Crippen molar-refractivity contribution < 1.29 is 9.50 Å². The van der Waals surface area contributed by atoms with E-state index in [0.29, 0.717) is 6.04 Å². The molecule has 0 bridgehead atoms. The van der Waals surface area contributed by atoms with E-state index in [1.807, 2.05) is 0 Å². The first-order chi connectivity index (χ1) is 7.13. The maximum Gasteiger partial charge on any atom is 0.256 e. The molecule has 1 fully saturated rings. The SMILES string of the molecule is N#Cc1ccc(O)c(F)n1.NC1CCC1. The van der Waals surface area contributed by atoms with E-state index in [2.05, 4.69) is 4.98 Å². The molecule has 0 saturated heterocycles. The lowest BCUT2D eigenvalue weighted by Gasteiger charge is -2.18. The van der Waals surface area contributed by atoms with Crippen LogP contribution in [0.2, 0.25) is 0 Å². The normalized spacial score (nSPS) is 14.5. The van der Waals surface area contributed by atoms with Crippen molar-refractivity contribution in [1.82, 2.24) is 4.98 Å². The van der Waals surface area contributed by atoms with E-state index in [9.17, 15) is 4.39 Å². The summed E-state index contributed by atoms with van der Waals surface area (Å²) in [7, 11) is 0. The maximum absolute atomic E-state index is 12.3. The average Bonchev–Trinajstić information content (AvgIpc) is 2.20. The van der Waals surface area contributed by atoms with Crippen LogP contribution in [0.1, 0.15) is 25.0 Å². The van der Waals surface area contributed by atoms with E-state index in [-0.39, 0.29) is 5.69 Å². The maximum atomic E-state index is 12.3. The minimum Gasteiger partial charge on any atom is -0.504 e. The number of hydrogen-bond donors (Lipinski definition) is 2. The molecule has 0 aromatic carbocycles. The van der Waals surface area contributed by atoms with E-state index >= 15 is 0 Å². The van der Waals surface area contributed by atoms with Gasteiger partial charge in [0.05, 0.1) is 0 Å². The Morgan fingerprint density at radius 1 is 1.53 bits per heavy atom. The fourth-order valence-corrected chi connectivity index (χ4v) is 0.929. The van der Waals surface area contributed by atoms with Crippen LogP contribution in [0.5, 0.6) is 5.75 Å². The van der Waals surface area contributed by atoms with Crippen molar-refractivity contribution in [2.75, 3.05) is 0 Å². The second-order valence-electron chi connectivity index (χ2n) is 3.31. The first-order valence-electron chi connectivity index (χ1n) is 4.64. The Bertz CT molecular complexity index is 371. The van der Waals surface area contributed by atoms with Crippen LogP contribution < -0.4 is 5.73 Å². The molecule has 0 aliphatic heterocycles. The largest absolute Gasteiger partial charge is 0.504 e. The summed E-state index contributed by atoms with van der Waals surface area (Å²) in [6, 6.07) is 4.52. The first kappa shape index (κ1) is 11.4. The summed E-state index contributed by atoms with van der Waals surface area (Å²) in [6.45, 7) is 0. The van der Waals surface area contributed by atoms with E-state index in [1.54, 1.807) is 6.07 Å². The highest BCUT2D eigenvalue weighted by molar-refractivity contribution is 5.26. The van der Waals surface area contributed by atoms with Crippen LogP contribution in [-0.2, 0) is 0 Å². The van der Waals surface area contributed by atoms with E-state index in [4.69, 9.17) is 16.1 Å². The molecule has 0 radical (unpaired) electrons. The predicted octanol–water partition coefficient (Wildman–Crippen LogP) is 1.30. The molecule has 5 heteroatoms. The van der Waals surface area contributed by atoms with Crippen molar-refractivity contribution in [3.8, 4) is 11.8 Å². The van der Waals surface area contributed by atoms with Crippen LogP contribution in [0.3, 0.4) is 0 Å². The Labute approximate surface area is 87.2 Å². The zero-order valence-electron chi connectivity index (χ0n) is 8.15. The van der Waals surface area contributed by atoms with Gasteiger partial charge in [0.15, 0.2) is 5.75 Å². The van der Waals surface area contributed by atoms with Gasteiger partial charge in [-0.15, -0.1) is 0 Å². The number of nitrogens with two attached hydrogens (primary N) is 1. The quantitative estimate of drug-likeness (QED) is 0.631. The molecule has 0 unspecified atom stereocenters. The Balaban J connectivity index is 0.000000187. The first-order valence-corrected chi connectivity index (χ1v) is 4.64. The summed E-state index contributed by atoms with van der Waals surface area (Å²) in [5, 5.41) is 16.8. The van der Waals surface area contributed by atoms with Gasteiger partial charge in [-0.1, -0.05) is 6.42 Å². The highest BCUT2D eigenvalue weighted by Gasteiger charge is 2.09. The predicted molar refractivity (Wildman–Crippen MR) is 52.4 cm³/mol. The fraction of sp³-hybridized carbons (Fsp3) is 0.400. The molecule has 1 saturated carbocycles. The molecule has 0 atom stereocenters. The zero-order valence-corrected chi connectivity index (χ0v) is 8.15. The van der Waals surface area contributed by atoms with Gasteiger partial charge in [-0.05, 0) is 25.0 Å². The summed E-state index contributed by atoms with van der Waals surface area (Å²) in [6.07, 6.45) is 3.89. The third-order valence-corrected chi connectivity index (χ3v) is 2.09. The molecular formula is C10H12FN3O. The van der Waals surface area contributed by atoms with Crippen LogP contribution >= 0.6 is 0 Å². The van der Waals surface area contributed by atoms with Gasteiger partial charge in [0.2, 0.25) is 0 Å². The number of aromatic nitrogens is 1. The molecule has 4 nitrogen and oxygen atoms in total. The second kappa shape index (κ2) is 5.27. The van der Waals surface area contributed by atoms with Crippen LogP contribution in [0, 0.1) is 17.3 Å². The Hall–Kier alpha value is -1.67. The van der Waals surface area contributed by atoms with Gasteiger partial charge >= 0.3 is 0 Å². The van der Waals surface area contributed by atoms with Crippen molar-refractivity contribution in [3.05, 3.63) is 23.8 Å². The van der Waals surface area contributed by atoms with Crippen LogP contribution in [0.4, 0.5) is 4.39 Å². The standard InChI is InChI=1S/C6H3FN2O.C4H9N/c7-6-5(10)2-1-4(3-8)9-6;5-4-2-1-3-4/h1-2,10H;4H,1-3,5H2. The van der Waals surface area contributed by atoms with Gasteiger partial charge in [-0.25, -0.2) is 4.98 Å². The van der Waals surface area contributed by atoms with E-state index < -0.39 is 11.7 Å². The third kappa shape index (κ3) is 3.52. The Morgan fingerprint density at radius 2 is 2.13 bits per heavy atom. The van der Waals surface area contributed by atoms with Gasteiger partial charge in [0.25, 0.3) is 5.95 Å². The van der Waals surface area contributed by atoms with E-state index in [0.717, 1.165) is 6.07 Å². The highest BCUT2D eigenvalue weighted by Crippen LogP contribution is 2.14. The molecule has 1 aromatic heterocycles. The highest BCUT2D eigenvalue weighted by atomic mass is 19.1. The van der Waals surface area contributed by atoms with Crippen molar-refractivity contribution in [2.45, 2.75) is 25.3 Å². The molecular weight excluding hydrogens is 197 g/mol. The molecule has 1 aliphatic rings. The van der Waals surface area contributed by atoms with Crippen molar-refractivity contribution in [2.24, 2.45) is 5.73 Å². The third-order valence-electron chi connectivity index (χ3n) is 2.09. The molecule has 15 heavy (non-hydrogen) atoms. The topological polar surface area (TPSA) is 82.9 Å². The van der Waals surface area contributed by atoms with Crippen molar-refractivity contribution in [1.29, 1.82) is 5.26 Å². The smallest absolute Gasteiger partial charge is 0.256 e. The minimum atomic E-state index is -1.01. The molecule has 80 valence electrons. The molecule has 1 heterocycles. The minimum absolute atomic E-state index is 0.0460. The monoisotopic (exact) mass is 209 g/mol. The average molecular weight is 209 g/mol. The van der Waals surface area contributed by atoms with Gasteiger partial charge in [-0.2, -0.15) is 9.65 Å². The van der Waals surface area contributed by atoms with Crippen LogP contribution in [-0.4, -0.2) is 16.1 Å². The number of nitriles is 1. The van der Waals surface area contributed by atoms with Gasteiger partial charge < -0.3 is 10.8 Å². The number of pyridine rings is 1. The lowest BCUT2D eigenvalue weighted by Crippen LogP contribution is -2.27. The summed E-state index contributed by atoms with van der Waals surface area (Å²) in [5.74, 6) is -1.56. The van der Waals surface area contributed by atoms with Crippen molar-refractivity contribution in [3.63, 3.8) is 0 Å². The molecule has 0 amide bonds. The lowest BCUT2D eigenvalue weighted by molar-refractivity contribution is 0.418. The molecule has 2 rings (SSSR count). The van der Waals surface area contributed by atoms with Gasteiger partial charge in [0.1, 0.15) is 11.8 Å². The van der Waals surface area contributed by atoms with E-state index in [1.165, 1.54) is 25.3 Å². The molecule has 1 aromatic rings. The lowest BCUT2D eigenvalue weighted by atomic mass is 9.95. The molecule has 1 aliphatic carbocycles. The molecule has 3 N–H and O–H groups in total. The second-order valence-corrected chi connectivity index (χ2v) is 3.31. The Morgan fingerprint density at radius 3 is 2.47 bits per heavy atom. The zero-order chi connectivity index (χ0) is 11.3. The molecule has 0 spiro atoms. The number of aromatic hydroxyl groups is 1. The number of rotatable bonds is 0. The summed E-state index contributed by atoms with van der Waals surface area (Å²) < 4.78 is 12.3. The fourth-order valence-electron chi connectivity index (χ4n) is 0.929. The van der Waals surface area contributed by atoms with Crippen LogP contribution in [0.25, 0.3) is 0 Å². The number of hydrogen-bond acceptors (Lipinski definition) is 4. The summed E-state index contributed by atoms with van der Waals surface area (Å²) in [4.78, 5) is 3.11. The number of nitrogens with zero attached hydrogens (tertiary/aromatic N) is 2. The Kier molecular flexibility index (Phi) is 4.01.